The first kappa shape index (κ1) is 12.5. The fraction of sp³-hybridized carbons (Fsp3) is 0.250. The van der Waals surface area contributed by atoms with Crippen LogP contribution in [0.4, 0.5) is 0 Å². The summed E-state index contributed by atoms with van der Waals surface area (Å²) >= 11 is 0. The number of hydrogen-bond acceptors (Lipinski definition) is 4. The predicted octanol–water partition coefficient (Wildman–Crippen LogP) is 2.50. The molecule has 1 aromatic carbocycles. The van der Waals surface area contributed by atoms with E-state index in [4.69, 9.17) is 15.7 Å². The number of nitriles is 1. The van der Waals surface area contributed by atoms with E-state index in [0.717, 1.165) is 5.56 Å². The number of Topliss-reactive ketones (excluding diaryl/α,β-unsaturated/α-hetero) is 1. The first-order valence-corrected chi connectivity index (χ1v) is 6.55. The molecule has 0 saturated carbocycles. The number of carbonyl (C=O) groups excluding carboxylic acids is 1. The highest BCUT2D eigenvalue weighted by Gasteiger charge is 2.33. The summed E-state index contributed by atoms with van der Waals surface area (Å²) in [7, 11) is 0. The lowest BCUT2D eigenvalue weighted by molar-refractivity contribution is -0.116. The number of ketones is 1. The van der Waals surface area contributed by atoms with Gasteiger partial charge in [-0.3, -0.25) is 4.79 Å². The maximum absolute atomic E-state index is 12.3. The summed E-state index contributed by atoms with van der Waals surface area (Å²) < 4.78 is 5.51. The minimum atomic E-state index is 0.0559. The van der Waals surface area contributed by atoms with Crippen LogP contribution >= 0.6 is 0 Å². The molecule has 3 rings (SSSR count). The Labute approximate surface area is 117 Å². The summed E-state index contributed by atoms with van der Waals surface area (Å²) in [5.74, 6) is 0.943. The molecule has 0 saturated heterocycles. The summed E-state index contributed by atoms with van der Waals surface area (Å²) in [6, 6.07) is 11.9. The molecule has 1 heterocycles. The molecule has 20 heavy (non-hydrogen) atoms. The van der Waals surface area contributed by atoms with Crippen molar-refractivity contribution in [1.29, 1.82) is 5.26 Å². The lowest BCUT2D eigenvalue weighted by Crippen LogP contribution is -2.24. The second kappa shape index (κ2) is 4.86. The smallest absolute Gasteiger partial charge is 0.204 e. The monoisotopic (exact) mass is 266 g/mol. The summed E-state index contributed by atoms with van der Waals surface area (Å²) in [4.78, 5) is 12.3. The van der Waals surface area contributed by atoms with Crippen molar-refractivity contribution in [2.75, 3.05) is 0 Å². The summed E-state index contributed by atoms with van der Waals surface area (Å²) in [5, 5.41) is 8.97. The van der Waals surface area contributed by atoms with Gasteiger partial charge in [0.1, 0.15) is 11.8 Å². The molecule has 0 fully saturated rings. The van der Waals surface area contributed by atoms with Crippen molar-refractivity contribution in [3.63, 3.8) is 0 Å². The number of nitrogens with two attached hydrogens (primary N) is 1. The molecule has 1 aromatic rings. The van der Waals surface area contributed by atoms with Gasteiger partial charge in [0.15, 0.2) is 5.78 Å². The van der Waals surface area contributed by atoms with Crippen LogP contribution in [0.2, 0.25) is 0 Å². The lowest BCUT2D eigenvalue weighted by Gasteiger charge is -2.29. The number of nitrogens with zero attached hydrogens (tertiary/aromatic N) is 1. The van der Waals surface area contributed by atoms with E-state index in [1.807, 2.05) is 36.4 Å². The van der Waals surface area contributed by atoms with E-state index < -0.39 is 0 Å². The largest absolute Gasteiger partial charge is 0.444 e. The minimum Gasteiger partial charge on any atom is -0.444 e. The Bertz CT molecular complexity index is 665. The summed E-state index contributed by atoms with van der Waals surface area (Å²) in [5.41, 5.74) is 7.80. The number of hydrogen-bond donors (Lipinski definition) is 1. The number of rotatable bonds is 1. The van der Waals surface area contributed by atoms with Gasteiger partial charge in [0.05, 0.1) is 5.57 Å². The van der Waals surface area contributed by atoms with Gasteiger partial charge < -0.3 is 10.5 Å². The third-order valence-electron chi connectivity index (χ3n) is 3.83. The standard InChI is InChI=1S/C16H14N2O2/c17-9-12-6-13-14(19)7-11(8-15(13)20-16(12)18)10-4-2-1-3-5-10/h1-5,11H,6-8,18H2. The van der Waals surface area contributed by atoms with E-state index in [9.17, 15) is 4.79 Å². The van der Waals surface area contributed by atoms with E-state index in [0.29, 0.717) is 36.2 Å². The van der Waals surface area contributed by atoms with Gasteiger partial charge in [0.2, 0.25) is 5.88 Å². The quantitative estimate of drug-likeness (QED) is 0.847. The number of benzene rings is 1. The number of carbonyl (C=O) groups is 1. The van der Waals surface area contributed by atoms with Crippen LogP contribution in [-0.4, -0.2) is 5.78 Å². The van der Waals surface area contributed by atoms with Gasteiger partial charge in [-0.15, -0.1) is 0 Å². The Hall–Kier alpha value is -2.54. The van der Waals surface area contributed by atoms with Crippen LogP contribution in [0.1, 0.15) is 30.7 Å². The summed E-state index contributed by atoms with van der Waals surface area (Å²) in [6.07, 6.45) is 1.42. The topological polar surface area (TPSA) is 76.1 Å². The molecule has 4 heteroatoms. The second-order valence-electron chi connectivity index (χ2n) is 5.07. The SMILES string of the molecule is N#CC1=C(N)OC2=C(C1)C(=O)CC(c1ccccc1)C2. The van der Waals surface area contributed by atoms with Crippen LogP contribution in [0.3, 0.4) is 0 Å². The van der Waals surface area contributed by atoms with Crippen molar-refractivity contribution < 1.29 is 9.53 Å². The average Bonchev–Trinajstić information content (AvgIpc) is 2.47. The van der Waals surface area contributed by atoms with Gasteiger partial charge in [-0.1, -0.05) is 30.3 Å². The molecule has 0 bridgehead atoms. The highest BCUT2D eigenvalue weighted by molar-refractivity contribution is 5.98. The minimum absolute atomic E-state index is 0.0559. The fourth-order valence-corrected chi connectivity index (χ4v) is 2.74. The van der Waals surface area contributed by atoms with E-state index in [2.05, 4.69) is 0 Å². The number of ether oxygens (including phenoxy) is 1. The Morgan fingerprint density at radius 1 is 1.25 bits per heavy atom. The molecular weight excluding hydrogens is 252 g/mol. The molecule has 1 atom stereocenters. The first-order chi connectivity index (χ1) is 9.69. The molecule has 0 radical (unpaired) electrons. The van der Waals surface area contributed by atoms with Gasteiger partial charge in [-0.25, -0.2) is 0 Å². The van der Waals surface area contributed by atoms with Crippen molar-refractivity contribution in [2.24, 2.45) is 5.73 Å². The lowest BCUT2D eigenvalue weighted by atomic mass is 9.80. The van der Waals surface area contributed by atoms with Crippen LogP contribution < -0.4 is 5.73 Å². The second-order valence-corrected chi connectivity index (χ2v) is 5.07. The van der Waals surface area contributed by atoms with Crippen molar-refractivity contribution >= 4 is 5.78 Å². The molecule has 1 aliphatic heterocycles. The molecule has 4 nitrogen and oxygen atoms in total. The summed E-state index contributed by atoms with van der Waals surface area (Å²) in [6.45, 7) is 0. The molecule has 0 amide bonds. The zero-order valence-electron chi connectivity index (χ0n) is 10.9. The van der Waals surface area contributed by atoms with E-state index >= 15 is 0 Å². The zero-order valence-corrected chi connectivity index (χ0v) is 10.9. The highest BCUT2D eigenvalue weighted by Crippen LogP contribution is 2.39. The van der Waals surface area contributed by atoms with Crippen LogP contribution in [0.15, 0.2) is 53.1 Å². The van der Waals surface area contributed by atoms with Crippen LogP contribution in [-0.2, 0) is 9.53 Å². The Morgan fingerprint density at radius 3 is 2.70 bits per heavy atom. The molecule has 0 spiro atoms. The normalized spacial score (nSPS) is 22.1. The van der Waals surface area contributed by atoms with Crippen molar-refractivity contribution in [2.45, 2.75) is 25.2 Å². The van der Waals surface area contributed by atoms with Gasteiger partial charge in [0, 0.05) is 24.8 Å². The molecule has 2 N–H and O–H groups in total. The molecule has 1 aliphatic carbocycles. The fourth-order valence-electron chi connectivity index (χ4n) is 2.74. The molecule has 0 aromatic heterocycles. The maximum Gasteiger partial charge on any atom is 0.204 e. The van der Waals surface area contributed by atoms with Crippen LogP contribution in [0.25, 0.3) is 0 Å². The molecular formula is C16H14N2O2. The Kier molecular flexibility index (Phi) is 3.03. The Morgan fingerprint density at radius 2 is 2.00 bits per heavy atom. The maximum atomic E-state index is 12.3. The Balaban J connectivity index is 1.89. The predicted molar refractivity (Wildman–Crippen MR) is 73.0 cm³/mol. The molecule has 2 aliphatic rings. The van der Waals surface area contributed by atoms with E-state index in [1.165, 1.54) is 0 Å². The van der Waals surface area contributed by atoms with Gasteiger partial charge in [0.25, 0.3) is 0 Å². The third-order valence-corrected chi connectivity index (χ3v) is 3.83. The van der Waals surface area contributed by atoms with Crippen molar-refractivity contribution in [3.8, 4) is 6.07 Å². The first-order valence-electron chi connectivity index (χ1n) is 6.55. The molecule has 100 valence electrons. The highest BCUT2D eigenvalue weighted by atomic mass is 16.5. The molecule has 1 unspecified atom stereocenters. The van der Waals surface area contributed by atoms with Crippen molar-refractivity contribution in [1.82, 2.24) is 0 Å². The number of allylic oxidation sites excluding steroid dienone is 3. The van der Waals surface area contributed by atoms with Gasteiger partial charge in [-0.05, 0) is 11.5 Å². The van der Waals surface area contributed by atoms with Crippen molar-refractivity contribution in [3.05, 3.63) is 58.7 Å². The van der Waals surface area contributed by atoms with Crippen LogP contribution in [0.5, 0.6) is 0 Å². The zero-order chi connectivity index (χ0) is 14.1. The van der Waals surface area contributed by atoms with Gasteiger partial charge in [-0.2, -0.15) is 5.26 Å². The van der Waals surface area contributed by atoms with E-state index in [-0.39, 0.29) is 17.6 Å². The van der Waals surface area contributed by atoms with E-state index in [1.54, 1.807) is 0 Å². The van der Waals surface area contributed by atoms with Crippen LogP contribution in [0, 0.1) is 11.3 Å². The average molecular weight is 266 g/mol. The third kappa shape index (κ3) is 2.08. The van der Waals surface area contributed by atoms with Gasteiger partial charge >= 0.3 is 0 Å².